The quantitative estimate of drug-likeness (QED) is 0.222. The first kappa shape index (κ1) is 22.6. The molecular formula is C14H19NO9S. The molecule has 11 heteroatoms. The predicted molar refractivity (Wildman–Crippen MR) is 84.3 cm³/mol. The van der Waals surface area contributed by atoms with Crippen LogP contribution in [0.1, 0.15) is 27.7 Å². The topological polar surface area (TPSA) is 142 Å². The van der Waals surface area contributed by atoms with Crippen molar-refractivity contribution in [3.8, 4) is 0 Å². The molecule has 0 heterocycles. The van der Waals surface area contributed by atoms with E-state index in [1.54, 1.807) is 0 Å². The van der Waals surface area contributed by atoms with Gasteiger partial charge in [0.05, 0.1) is 0 Å². The average molecular weight is 377 g/mol. The summed E-state index contributed by atoms with van der Waals surface area (Å²) in [6.45, 7) is 4.06. The van der Waals surface area contributed by atoms with Crippen molar-refractivity contribution in [2.75, 3.05) is 0 Å². The molecule has 1 N–H and O–H groups in total. The number of hydrogen-bond donors (Lipinski definition) is 2. The minimum atomic E-state index is -1.77. The van der Waals surface area contributed by atoms with Crippen LogP contribution in [0.2, 0.25) is 0 Å². The van der Waals surface area contributed by atoms with E-state index in [2.05, 4.69) is 17.9 Å². The fraction of sp³-hybridized carbons (Fsp3) is 0.571. The maximum atomic E-state index is 11.7. The number of rotatable bonds is 9. The van der Waals surface area contributed by atoms with E-state index in [9.17, 15) is 28.8 Å². The van der Waals surface area contributed by atoms with Crippen LogP contribution in [0.5, 0.6) is 0 Å². The largest absolute Gasteiger partial charge is 0.456 e. The minimum absolute atomic E-state index is 0.222. The Morgan fingerprint density at radius 3 is 1.60 bits per heavy atom. The molecule has 0 bridgehead atoms. The molecule has 0 saturated carbocycles. The number of thiol groups is 1. The summed E-state index contributed by atoms with van der Waals surface area (Å²) in [6.07, 6.45) is -4.90. The highest BCUT2D eigenvalue weighted by molar-refractivity contribution is 7.96. The van der Waals surface area contributed by atoms with Crippen molar-refractivity contribution in [2.45, 2.75) is 52.0 Å². The predicted octanol–water partition coefficient (Wildman–Crippen LogP) is -1.06. The lowest BCUT2D eigenvalue weighted by Gasteiger charge is -2.33. The van der Waals surface area contributed by atoms with Gasteiger partial charge >= 0.3 is 17.9 Å². The molecule has 0 aromatic carbocycles. The van der Waals surface area contributed by atoms with E-state index in [1.807, 2.05) is 0 Å². The molecule has 25 heavy (non-hydrogen) atoms. The first-order chi connectivity index (χ1) is 11.5. The Morgan fingerprint density at radius 2 is 1.28 bits per heavy atom. The van der Waals surface area contributed by atoms with Crippen molar-refractivity contribution < 1.29 is 43.0 Å². The molecule has 0 unspecified atom stereocenters. The van der Waals surface area contributed by atoms with Crippen LogP contribution in [-0.2, 0) is 43.0 Å². The third kappa shape index (κ3) is 8.29. The molecule has 0 aliphatic carbocycles. The number of nitrogens with one attached hydrogen (secondary N) is 1. The summed E-state index contributed by atoms with van der Waals surface area (Å²) in [6, 6.07) is -1.48. The minimum Gasteiger partial charge on any atom is -0.456 e. The number of carbonyl (C=O) groups is 6. The Bertz CT molecular complexity index is 563. The van der Waals surface area contributed by atoms with Gasteiger partial charge in [0.2, 0.25) is 17.1 Å². The van der Waals surface area contributed by atoms with Crippen molar-refractivity contribution in [2.24, 2.45) is 0 Å². The maximum Gasteiger partial charge on any atom is 0.303 e. The zero-order chi connectivity index (χ0) is 19.7. The third-order valence-electron chi connectivity index (χ3n) is 2.63. The molecular weight excluding hydrogens is 358 g/mol. The van der Waals surface area contributed by atoms with Crippen LogP contribution in [0.4, 0.5) is 0 Å². The Kier molecular flexibility index (Phi) is 9.42. The number of hydrogen-bond acceptors (Lipinski definition) is 9. The number of amides is 1. The van der Waals surface area contributed by atoms with Gasteiger partial charge in [0.1, 0.15) is 12.3 Å². The van der Waals surface area contributed by atoms with Gasteiger partial charge in [-0.2, -0.15) is 0 Å². The first-order valence-corrected chi connectivity index (χ1v) is 7.41. The van der Waals surface area contributed by atoms with E-state index < -0.39 is 53.3 Å². The van der Waals surface area contributed by atoms with Gasteiger partial charge in [0.15, 0.2) is 12.2 Å². The number of aldehydes is 1. The van der Waals surface area contributed by atoms with Crippen LogP contribution < -0.4 is 5.32 Å². The van der Waals surface area contributed by atoms with E-state index in [0.29, 0.717) is 0 Å². The Balaban J connectivity index is 6.02. The summed E-state index contributed by atoms with van der Waals surface area (Å²) in [5, 5.41) is 1.16. The molecule has 0 fully saturated rings. The maximum absolute atomic E-state index is 11.7. The average Bonchev–Trinajstić information content (AvgIpc) is 2.45. The van der Waals surface area contributed by atoms with E-state index in [-0.39, 0.29) is 6.29 Å². The second-order valence-electron chi connectivity index (χ2n) is 4.88. The summed E-state index contributed by atoms with van der Waals surface area (Å²) in [7, 11) is 0. The first-order valence-electron chi connectivity index (χ1n) is 6.96. The standard InChI is InChI=1S/C14H19NO9S/c1-6(17)15-10(5-16)11(22-7(2)18)12(23-8(3)19)13(14(21)25)24-9(4)20/h5,10-13H,1-4H3,(H,15,17)(H,21,25)/t10-,11+,12-,13-/m0/s1. The number of ether oxygens (including phenoxy) is 3. The normalized spacial score (nSPS) is 14.9. The zero-order valence-corrected chi connectivity index (χ0v) is 14.9. The SMILES string of the molecule is CC(=O)N[C@@H](C=O)[C@@H](OC(C)=O)[C@H](OC(C)=O)[C@H](OC(C)=O)C(=O)S. The summed E-state index contributed by atoms with van der Waals surface area (Å²) in [4.78, 5) is 68.2. The fourth-order valence-corrected chi connectivity index (χ4v) is 2.09. The molecule has 0 spiro atoms. The highest BCUT2D eigenvalue weighted by Crippen LogP contribution is 2.18. The smallest absolute Gasteiger partial charge is 0.303 e. The second-order valence-corrected chi connectivity index (χ2v) is 5.32. The molecule has 140 valence electrons. The lowest BCUT2D eigenvalue weighted by Crippen LogP contribution is -2.57. The summed E-state index contributed by atoms with van der Waals surface area (Å²) in [5.74, 6) is -3.38. The zero-order valence-electron chi connectivity index (χ0n) is 14.0. The van der Waals surface area contributed by atoms with Gasteiger partial charge in [-0.25, -0.2) is 0 Å². The van der Waals surface area contributed by atoms with E-state index in [4.69, 9.17) is 14.2 Å². The lowest BCUT2D eigenvalue weighted by molar-refractivity contribution is -0.185. The van der Waals surface area contributed by atoms with Crippen LogP contribution in [-0.4, -0.2) is 59.6 Å². The van der Waals surface area contributed by atoms with E-state index in [1.165, 1.54) is 0 Å². The van der Waals surface area contributed by atoms with Crippen LogP contribution in [0.3, 0.4) is 0 Å². The monoisotopic (exact) mass is 377 g/mol. The van der Waals surface area contributed by atoms with Gasteiger partial charge in [0, 0.05) is 27.7 Å². The van der Waals surface area contributed by atoms with Crippen molar-refractivity contribution in [1.82, 2.24) is 5.32 Å². The van der Waals surface area contributed by atoms with Gasteiger partial charge in [-0.1, -0.05) is 0 Å². The molecule has 0 radical (unpaired) electrons. The highest BCUT2D eigenvalue weighted by atomic mass is 32.1. The molecule has 0 rings (SSSR count). The van der Waals surface area contributed by atoms with Crippen molar-refractivity contribution in [3.05, 3.63) is 0 Å². The van der Waals surface area contributed by atoms with Gasteiger partial charge in [0.25, 0.3) is 0 Å². The molecule has 1 amide bonds. The van der Waals surface area contributed by atoms with Crippen LogP contribution >= 0.6 is 12.6 Å². The highest BCUT2D eigenvalue weighted by Gasteiger charge is 2.44. The lowest BCUT2D eigenvalue weighted by atomic mass is 10.0. The van der Waals surface area contributed by atoms with E-state index >= 15 is 0 Å². The van der Waals surface area contributed by atoms with Crippen LogP contribution in [0, 0.1) is 0 Å². The van der Waals surface area contributed by atoms with Crippen LogP contribution in [0.25, 0.3) is 0 Å². The second kappa shape index (κ2) is 10.4. The van der Waals surface area contributed by atoms with Crippen molar-refractivity contribution >= 4 is 47.8 Å². The Hall–Kier alpha value is -2.43. The summed E-state index contributed by atoms with van der Waals surface area (Å²) in [5.41, 5.74) is 0. The van der Waals surface area contributed by atoms with E-state index in [0.717, 1.165) is 27.7 Å². The number of carbonyl (C=O) groups excluding carboxylic acids is 6. The van der Waals surface area contributed by atoms with Gasteiger partial charge < -0.3 is 24.3 Å². The van der Waals surface area contributed by atoms with Gasteiger partial charge in [-0.3, -0.25) is 24.0 Å². The molecule has 0 aliphatic heterocycles. The molecule has 0 aromatic rings. The summed E-state index contributed by atoms with van der Waals surface area (Å²) >= 11 is 3.56. The van der Waals surface area contributed by atoms with Gasteiger partial charge in [-0.15, -0.1) is 12.6 Å². The van der Waals surface area contributed by atoms with Crippen molar-refractivity contribution in [3.63, 3.8) is 0 Å². The molecule has 0 aliphatic rings. The Morgan fingerprint density at radius 1 is 0.840 bits per heavy atom. The third-order valence-corrected chi connectivity index (χ3v) is 2.89. The molecule has 10 nitrogen and oxygen atoms in total. The Labute approximate surface area is 148 Å². The van der Waals surface area contributed by atoms with Crippen molar-refractivity contribution in [1.29, 1.82) is 0 Å². The van der Waals surface area contributed by atoms with Gasteiger partial charge in [-0.05, 0) is 0 Å². The molecule has 0 saturated heterocycles. The molecule has 0 aromatic heterocycles. The number of esters is 3. The molecule has 4 atom stereocenters. The fourth-order valence-electron chi connectivity index (χ4n) is 1.89. The summed E-state index contributed by atoms with van der Waals surface area (Å²) < 4.78 is 14.6. The van der Waals surface area contributed by atoms with Crippen LogP contribution in [0.15, 0.2) is 0 Å².